The van der Waals surface area contributed by atoms with Crippen molar-refractivity contribution < 1.29 is 42.7 Å². The number of nitro benzene ring substituents is 1. The first-order valence-electron chi connectivity index (χ1n) is 14.0. The average Bonchev–Trinajstić information content (AvgIpc) is 3.58. The fourth-order valence-corrected chi connectivity index (χ4v) is 5.40. The molecule has 12 nitrogen and oxygen atoms in total. The lowest BCUT2D eigenvalue weighted by Gasteiger charge is -2.24. The fraction of sp³-hybridized carbons (Fsp3) is 0.258. The second-order valence-electron chi connectivity index (χ2n) is 10.6. The van der Waals surface area contributed by atoms with Crippen molar-refractivity contribution in [3.05, 3.63) is 98.9 Å². The zero-order valence-electron chi connectivity index (χ0n) is 24.2. The minimum absolute atomic E-state index is 0.0204. The van der Waals surface area contributed by atoms with E-state index in [1.807, 2.05) is 0 Å². The van der Waals surface area contributed by atoms with Gasteiger partial charge in [0.25, 0.3) is 5.69 Å². The lowest BCUT2D eigenvalue weighted by Crippen LogP contribution is -2.46. The van der Waals surface area contributed by atoms with Gasteiger partial charge in [0.05, 0.1) is 22.6 Å². The smallest absolute Gasteiger partial charge is 0.395 e. The van der Waals surface area contributed by atoms with E-state index in [2.05, 4.69) is 5.32 Å². The van der Waals surface area contributed by atoms with Crippen LogP contribution in [0.1, 0.15) is 30.6 Å². The Morgan fingerprint density at radius 2 is 1.83 bits per heavy atom. The van der Waals surface area contributed by atoms with Crippen molar-refractivity contribution in [1.82, 2.24) is 14.8 Å². The van der Waals surface area contributed by atoms with E-state index in [4.69, 9.17) is 21.1 Å². The number of hydrogen-bond donors (Lipinski definition) is 2. The Morgan fingerprint density at radius 1 is 1.13 bits per heavy atom. The van der Waals surface area contributed by atoms with Gasteiger partial charge in [-0.25, -0.2) is 13.6 Å². The first-order chi connectivity index (χ1) is 21.9. The predicted octanol–water partition coefficient (Wildman–Crippen LogP) is 5.23. The quantitative estimate of drug-likeness (QED) is 0.108. The zero-order chi connectivity index (χ0) is 33.1. The van der Waals surface area contributed by atoms with Crippen LogP contribution < -0.4 is 14.8 Å². The molecule has 0 bridgehead atoms. The van der Waals surface area contributed by atoms with Crippen LogP contribution in [0.25, 0.3) is 10.9 Å². The van der Waals surface area contributed by atoms with Crippen LogP contribution in [-0.4, -0.2) is 56.2 Å². The molecule has 1 unspecified atom stereocenters. The zero-order valence-corrected chi connectivity index (χ0v) is 24.9. The van der Waals surface area contributed by atoms with Gasteiger partial charge in [-0.3, -0.25) is 19.7 Å². The lowest BCUT2D eigenvalue weighted by molar-refractivity contribution is -0.384. The van der Waals surface area contributed by atoms with Gasteiger partial charge < -0.3 is 29.4 Å². The second kappa shape index (κ2) is 13.5. The summed E-state index contributed by atoms with van der Waals surface area (Å²) < 4.78 is 40.6. The van der Waals surface area contributed by atoms with Crippen LogP contribution >= 0.6 is 11.6 Å². The molecule has 1 fully saturated rings. The third-order valence-corrected chi connectivity index (χ3v) is 7.74. The third-order valence-electron chi connectivity index (χ3n) is 7.45. The Balaban J connectivity index is 1.29. The molecule has 1 aliphatic heterocycles. The largest absolute Gasteiger partial charge is 0.519 e. The minimum Gasteiger partial charge on any atom is -0.395 e. The maximum atomic E-state index is 14.5. The van der Waals surface area contributed by atoms with Crippen molar-refractivity contribution in [2.75, 3.05) is 6.54 Å². The van der Waals surface area contributed by atoms with Crippen molar-refractivity contribution >= 4 is 46.2 Å². The summed E-state index contributed by atoms with van der Waals surface area (Å²) in [7, 11) is 0. The maximum absolute atomic E-state index is 14.5. The first-order valence-corrected chi connectivity index (χ1v) is 14.4. The summed E-state index contributed by atoms with van der Waals surface area (Å²) in [5.74, 6) is -1.81. The van der Waals surface area contributed by atoms with Gasteiger partial charge in [0, 0.05) is 53.3 Å². The van der Waals surface area contributed by atoms with Gasteiger partial charge in [0.1, 0.15) is 36.1 Å². The molecule has 2 amide bonds. The van der Waals surface area contributed by atoms with Gasteiger partial charge in [0.2, 0.25) is 11.8 Å². The van der Waals surface area contributed by atoms with Gasteiger partial charge in [-0.05, 0) is 43.3 Å². The molecule has 1 aliphatic rings. The Kier molecular flexibility index (Phi) is 9.49. The van der Waals surface area contributed by atoms with Crippen LogP contribution in [0.3, 0.4) is 0 Å². The summed E-state index contributed by atoms with van der Waals surface area (Å²) in [5.41, 5.74) is 0.840. The Hall–Kier alpha value is -5.08. The van der Waals surface area contributed by atoms with Crippen molar-refractivity contribution in [2.24, 2.45) is 0 Å². The van der Waals surface area contributed by atoms with E-state index in [-0.39, 0.29) is 53.8 Å². The number of aliphatic hydroxyl groups excluding tert-OH is 1. The number of hydrogen-bond acceptors (Lipinski definition) is 8. The molecule has 3 aromatic carbocycles. The molecule has 46 heavy (non-hydrogen) atoms. The van der Waals surface area contributed by atoms with Gasteiger partial charge in [-0.15, -0.1) is 0 Å². The number of ether oxygens (including phenoxy) is 2. The normalized spacial score (nSPS) is 16.7. The standard InChI is InChI=1S/C31H27ClF2N4O8/c1-17(39)24-15-36(26-10-9-22(12-23(24)26)46-31(42)45-21-7-5-20(6-8-21)38(43)44)16-28(40)37-14-19(33)11-27(37)30(41)35-13-18-3-2-4-25(32)29(18)34/h2-10,12,15,17,19,27,39H,11,13-14,16H2,1H3,(H,35,41)/t17?,19-,27+/m1/s1. The molecule has 15 heteroatoms. The van der Waals surface area contributed by atoms with Crippen LogP contribution in [0.4, 0.5) is 19.3 Å². The molecule has 1 saturated heterocycles. The minimum atomic E-state index is -1.44. The molecule has 0 spiro atoms. The molecular weight excluding hydrogens is 630 g/mol. The predicted molar refractivity (Wildman–Crippen MR) is 161 cm³/mol. The first kappa shape index (κ1) is 32.3. The number of nitrogens with one attached hydrogen (secondary N) is 1. The Morgan fingerprint density at radius 3 is 2.52 bits per heavy atom. The molecular formula is C31H27ClF2N4O8. The van der Waals surface area contributed by atoms with Gasteiger partial charge in [0.15, 0.2) is 0 Å². The van der Waals surface area contributed by atoms with E-state index in [0.29, 0.717) is 16.5 Å². The molecule has 0 aliphatic carbocycles. The topological polar surface area (TPSA) is 153 Å². The number of fused-ring (bicyclic) bond motifs is 1. The van der Waals surface area contributed by atoms with Crippen LogP contribution in [-0.2, 0) is 22.7 Å². The molecule has 2 N–H and O–H groups in total. The summed E-state index contributed by atoms with van der Waals surface area (Å²) in [6.07, 6.45) is -2.24. The highest BCUT2D eigenvalue weighted by Crippen LogP contribution is 2.31. The molecule has 0 saturated carbocycles. The number of non-ortho nitro benzene ring substituents is 1. The molecule has 4 aromatic rings. The number of nitrogens with zero attached hydrogens (tertiary/aromatic N) is 3. The number of nitro groups is 1. The molecule has 1 aromatic heterocycles. The van der Waals surface area contributed by atoms with E-state index in [0.717, 1.165) is 4.90 Å². The number of carbonyl (C=O) groups is 3. The highest BCUT2D eigenvalue weighted by molar-refractivity contribution is 6.30. The van der Waals surface area contributed by atoms with E-state index < -0.39 is 47.0 Å². The number of aromatic nitrogens is 1. The highest BCUT2D eigenvalue weighted by Gasteiger charge is 2.40. The summed E-state index contributed by atoms with van der Waals surface area (Å²) in [6, 6.07) is 12.5. The maximum Gasteiger partial charge on any atom is 0.519 e. The lowest BCUT2D eigenvalue weighted by atomic mass is 10.1. The summed E-state index contributed by atoms with van der Waals surface area (Å²) in [5, 5.41) is 24.1. The SMILES string of the molecule is CC(O)c1cn(CC(=O)N2C[C@H](F)C[C@H]2C(=O)NCc2cccc(Cl)c2F)c2ccc(OC(=O)Oc3ccc([N+](=O)[O-])cc3)cc12. The van der Waals surface area contributed by atoms with Gasteiger partial charge in [-0.2, -0.15) is 0 Å². The van der Waals surface area contributed by atoms with Crippen molar-refractivity contribution in [2.45, 2.75) is 44.8 Å². The number of likely N-dealkylation sites (tertiary alicyclic amines) is 1. The number of alkyl halides is 1. The third kappa shape index (κ3) is 7.08. The van der Waals surface area contributed by atoms with Gasteiger partial charge in [-0.1, -0.05) is 23.7 Å². The number of rotatable bonds is 9. The monoisotopic (exact) mass is 656 g/mol. The number of carbonyl (C=O) groups excluding carboxylic acids is 3. The second-order valence-corrected chi connectivity index (χ2v) is 11.0. The summed E-state index contributed by atoms with van der Waals surface area (Å²) in [6.45, 7) is 0.700. The summed E-state index contributed by atoms with van der Waals surface area (Å²) >= 11 is 5.80. The van der Waals surface area contributed by atoms with Crippen LogP contribution in [0, 0.1) is 15.9 Å². The number of amides is 2. The van der Waals surface area contributed by atoms with Crippen molar-refractivity contribution in [3.63, 3.8) is 0 Å². The number of aliphatic hydroxyl groups is 1. The summed E-state index contributed by atoms with van der Waals surface area (Å²) in [4.78, 5) is 50.1. The van der Waals surface area contributed by atoms with Gasteiger partial charge >= 0.3 is 6.16 Å². The van der Waals surface area contributed by atoms with E-state index in [9.17, 15) is 38.4 Å². The van der Waals surface area contributed by atoms with Crippen LogP contribution in [0.5, 0.6) is 11.5 Å². The molecule has 5 rings (SSSR count). The Labute approximate surface area is 265 Å². The van der Waals surface area contributed by atoms with Crippen LogP contribution in [0.15, 0.2) is 66.9 Å². The number of benzene rings is 3. The molecule has 3 atom stereocenters. The van der Waals surface area contributed by atoms with E-state index >= 15 is 0 Å². The fourth-order valence-electron chi connectivity index (χ4n) is 5.21. The van der Waals surface area contributed by atoms with E-state index in [1.165, 1.54) is 72.3 Å². The average molecular weight is 657 g/mol. The number of halogens is 3. The van der Waals surface area contributed by atoms with E-state index in [1.54, 1.807) is 6.07 Å². The molecule has 0 radical (unpaired) electrons. The highest BCUT2D eigenvalue weighted by atomic mass is 35.5. The molecule has 2 heterocycles. The van der Waals surface area contributed by atoms with Crippen molar-refractivity contribution in [1.29, 1.82) is 0 Å². The van der Waals surface area contributed by atoms with Crippen molar-refractivity contribution in [3.8, 4) is 11.5 Å². The Bertz CT molecular complexity index is 1810. The molecule has 240 valence electrons. The van der Waals surface area contributed by atoms with Crippen LogP contribution in [0.2, 0.25) is 5.02 Å².